The maximum atomic E-state index is 14.4. The summed E-state index contributed by atoms with van der Waals surface area (Å²) in [7, 11) is 0. The van der Waals surface area contributed by atoms with Gasteiger partial charge in [0.25, 0.3) is 17.7 Å². The molecule has 0 unspecified atom stereocenters. The summed E-state index contributed by atoms with van der Waals surface area (Å²) in [5, 5.41) is 0.636. The van der Waals surface area contributed by atoms with Crippen LogP contribution in [0.4, 0.5) is 5.69 Å². The van der Waals surface area contributed by atoms with E-state index in [-0.39, 0.29) is 24.3 Å². The van der Waals surface area contributed by atoms with Crippen molar-refractivity contribution in [1.82, 2.24) is 4.90 Å². The van der Waals surface area contributed by atoms with Gasteiger partial charge < -0.3 is 14.4 Å². The number of amides is 2. The summed E-state index contributed by atoms with van der Waals surface area (Å²) in [6, 6.07) is 25.0. The topological polar surface area (TPSA) is 59.1 Å². The van der Waals surface area contributed by atoms with E-state index in [1.807, 2.05) is 99.6 Å². The van der Waals surface area contributed by atoms with Crippen LogP contribution in [0, 0.1) is 0 Å². The molecule has 1 saturated heterocycles. The number of ether oxygens (including phenoxy) is 2. The highest BCUT2D eigenvalue weighted by atomic mass is 35.5. The van der Waals surface area contributed by atoms with Crippen molar-refractivity contribution >= 4 is 29.1 Å². The second-order valence-electron chi connectivity index (χ2n) is 10.5. The quantitative estimate of drug-likeness (QED) is 0.368. The van der Waals surface area contributed by atoms with Crippen LogP contribution in [0.15, 0.2) is 90.0 Å². The molecular weight excluding hydrogens is 512 g/mol. The number of rotatable bonds is 7. The minimum atomic E-state index is -1.45. The van der Waals surface area contributed by atoms with Crippen molar-refractivity contribution in [3.05, 3.63) is 112 Å². The number of carbonyl (C=O) groups is 2. The number of fused-ring (bicyclic) bond motifs is 3. The Kier molecular flexibility index (Phi) is 6.37. The van der Waals surface area contributed by atoms with Crippen molar-refractivity contribution in [3.63, 3.8) is 0 Å². The van der Waals surface area contributed by atoms with Crippen LogP contribution in [0.25, 0.3) is 0 Å². The molecule has 2 amide bonds. The van der Waals surface area contributed by atoms with Crippen LogP contribution >= 0.6 is 11.6 Å². The first-order chi connectivity index (χ1) is 18.8. The molecule has 3 heterocycles. The van der Waals surface area contributed by atoms with Crippen molar-refractivity contribution in [1.29, 1.82) is 0 Å². The molecule has 0 aromatic heterocycles. The lowest BCUT2D eigenvalue weighted by Crippen LogP contribution is -2.56. The van der Waals surface area contributed by atoms with Gasteiger partial charge in [0.05, 0.1) is 12.2 Å². The van der Waals surface area contributed by atoms with E-state index in [0.717, 1.165) is 28.0 Å². The van der Waals surface area contributed by atoms with Crippen LogP contribution in [0.5, 0.6) is 0 Å². The Labute approximate surface area is 233 Å². The summed E-state index contributed by atoms with van der Waals surface area (Å²) < 4.78 is 13.3. The number of nitrogens with zero attached hydrogens (tertiary/aromatic N) is 2. The first-order valence-corrected chi connectivity index (χ1v) is 13.8. The summed E-state index contributed by atoms with van der Waals surface area (Å²) in [5.74, 6) is -1.72. The fraction of sp³-hybridized carbons (Fsp3) is 0.312. The molecule has 2 atom stereocenters. The maximum absolute atomic E-state index is 14.4. The van der Waals surface area contributed by atoms with Crippen LogP contribution < -0.4 is 4.90 Å². The van der Waals surface area contributed by atoms with E-state index in [2.05, 4.69) is 0 Å². The van der Waals surface area contributed by atoms with E-state index >= 15 is 0 Å². The molecule has 3 aromatic carbocycles. The van der Waals surface area contributed by atoms with Gasteiger partial charge in [-0.3, -0.25) is 14.5 Å². The number of carbonyl (C=O) groups excluding carboxylic acids is 2. The highest BCUT2D eigenvalue weighted by molar-refractivity contribution is 6.30. The largest absolute Gasteiger partial charge is 0.329 e. The summed E-state index contributed by atoms with van der Waals surface area (Å²) in [4.78, 5) is 31.8. The molecule has 3 aliphatic heterocycles. The molecule has 0 aliphatic carbocycles. The second-order valence-corrected chi connectivity index (χ2v) is 11.0. The Bertz CT molecular complexity index is 1470. The molecule has 0 radical (unpaired) electrons. The number of para-hydroxylation sites is 1. The van der Waals surface area contributed by atoms with Crippen molar-refractivity contribution in [2.75, 3.05) is 11.5 Å². The third kappa shape index (κ3) is 3.93. The van der Waals surface area contributed by atoms with Gasteiger partial charge >= 0.3 is 0 Å². The summed E-state index contributed by atoms with van der Waals surface area (Å²) in [6.07, 6.45) is 0.637. The first-order valence-electron chi connectivity index (χ1n) is 13.4. The lowest BCUT2D eigenvalue weighted by molar-refractivity contribution is -0.297. The molecule has 1 fully saturated rings. The Morgan fingerprint density at radius 2 is 1.64 bits per heavy atom. The number of anilines is 1. The monoisotopic (exact) mass is 542 g/mol. The number of benzene rings is 3. The van der Waals surface area contributed by atoms with Gasteiger partial charge in [-0.25, -0.2) is 0 Å². The van der Waals surface area contributed by atoms with E-state index in [1.165, 1.54) is 0 Å². The highest BCUT2D eigenvalue weighted by Crippen LogP contribution is 2.60. The molecular formula is C32H31ClN2O4. The average molecular weight is 543 g/mol. The molecule has 0 N–H and O–H groups in total. The Hall–Kier alpha value is -3.45. The Balaban J connectivity index is 1.49. The lowest BCUT2D eigenvalue weighted by atomic mass is 9.88. The molecule has 6 rings (SSSR count). The average Bonchev–Trinajstić information content (AvgIpc) is 3.45. The first kappa shape index (κ1) is 25.8. The van der Waals surface area contributed by atoms with Gasteiger partial charge in [0.2, 0.25) is 0 Å². The van der Waals surface area contributed by atoms with Gasteiger partial charge in [0.1, 0.15) is 0 Å². The molecule has 0 bridgehead atoms. The van der Waals surface area contributed by atoms with E-state index < -0.39 is 11.5 Å². The van der Waals surface area contributed by atoms with Crippen molar-refractivity contribution in [2.45, 2.75) is 57.7 Å². The van der Waals surface area contributed by atoms with Crippen LogP contribution in [-0.2, 0) is 37.6 Å². The zero-order chi connectivity index (χ0) is 27.4. The maximum Gasteiger partial charge on any atom is 0.281 e. The van der Waals surface area contributed by atoms with Gasteiger partial charge in [0.15, 0.2) is 5.60 Å². The third-order valence-corrected chi connectivity index (χ3v) is 8.08. The van der Waals surface area contributed by atoms with E-state index in [4.69, 9.17) is 21.1 Å². The predicted octanol–water partition coefficient (Wildman–Crippen LogP) is 5.98. The zero-order valence-corrected chi connectivity index (χ0v) is 23.1. The Morgan fingerprint density at radius 1 is 0.949 bits per heavy atom. The number of halogens is 1. The van der Waals surface area contributed by atoms with Crippen LogP contribution in [-0.4, -0.2) is 35.3 Å². The molecule has 3 aromatic rings. The Morgan fingerprint density at radius 3 is 2.33 bits per heavy atom. The lowest BCUT2D eigenvalue weighted by Gasteiger charge is -2.40. The van der Waals surface area contributed by atoms with Crippen molar-refractivity contribution in [2.24, 2.45) is 0 Å². The molecule has 6 nitrogen and oxygen atoms in total. The SMILES string of the molecule is CCO[C@@]12O[C@]3(CC1=C(Cc1ccc(Cl)cc1)C(=O)N2C(C)C)C(=O)N(Cc1ccccc1)c1ccccc13. The fourth-order valence-corrected chi connectivity index (χ4v) is 6.35. The number of hydrogen-bond acceptors (Lipinski definition) is 4. The fourth-order valence-electron chi connectivity index (χ4n) is 6.23. The molecule has 0 saturated carbocycles. The van der Waals surface area contributed by atoms with E-state index in [9.17, 15) is 9.59 Å². The van der Waals surface area contributed by atoms with Crippen LogP contribution in [0.1, 0.15) is 43.9 Å². The van der Waals surface area contributed by atoms with Crippen molar-refractivity contribution in [3.8, 4) is 0 Å². The van der Waals surface area contributed by atoms with Gasteiger partial charge in [-0.2, -0.15) is 0 Å². The van der Waals surface area contributed by atoms with Gasteiger partial charge in [0, 0.05) is 47.2 Å². The second kappa shape index (κ2) is 9.63. The van der Waals surface area contributed by atoms with Gasteiger partial charge in [-0.1, -0.05) is 72.3 Å². The molecule has 200 valence electrons. The minimum absolute atomic E-state index is 0.127. The summed E-state index contributed by atoms with van der Waals surface area (Å²) in [6.45, 7) is 6.51. The van der Waals surface area contributed by atoms with Crippen LogP contribution in [0.3, 0.4) is 0 Å². The molecule has 3 aliphatic rings. The minimum Gasteiger partial charge on any atom is -0.329 e. The molecule has 7 heteroatoms. The van der Waals surface area contributed by atoms with E-state index in [0.29, 0.717) is 30.2 Å². The van der Waals surface area contributed by atoms with Gasteiger partial charge in [-0.05, 0) is 50.1 Å². The van der Waals surface area contributed by atoms with Crippen LogP contribution in [0.2, 0.25) is 5.02 Å². The smallest absolute Gasteiger partial charge is 0.281 e. The van der Waals surface area contributed by atoms with Crippen molar-refractivity contribution < 1.29 is 19.1 Å². The third-order valence-electron chi connectivity index (χ3n) is 7.83. The summed E-state index contributed by atoms with van der Waals surface area (Å²) >= 11 is 6.12. The predicted molar refractivity (Wildman–Crippen MR) is 150 cm³/mol. The van der Waals surface area contributed by atoms with Gasteiger partial charge in [-0.15, -0.1) is 0 Å². The zero-order valence-electron chi connectivity index (χ0n) is 22.3. The summed E-state index contributed by atoms with van der Waals surface area (Å²) in [5.41, 5.74) is 3.64. The normalized spacial score (nSPS) is 23.9. The molecule has 1 spiro atoms. The number of hydrogen-bond donors (Lipinski definition) is 0. The highest BCUT2D eigenvalue weighted by Gasteiger charge is 2.69. The standard InChI is InChI=1S/C32H31ClN2O4/c1-4-38-32-27(25(29(36)35(32)21(2)3)18-22-14-16-24(33)17-15-22)19-31(39-32)26-12-8-9-13-28(26)34(30(31)37)20-23-10-6-5-7-11-23/h5-17,21H,4,18-20H2,1-3H3/t31-,32+/m0/s1. The molecule has 39 heavy (non-hydrogen) atoms. The van der Waals surface area contributed by atoms with E-state index in [1.54, 1.807) is 9.80 Å².